The second-order valence-electron chi connectivity index (χ2n) is 5.94. The number of amides is 1. The van der Waals surface area contributed by atoms with E-state index in [1.165, 1.54) is 0 Å². The normalized spacial score (nSPS) is 10.3. The first kappa shape index (κ1) is 19.2. The van der Waals surface area contributed by atoms with Gasteiger partial charge in [-0.25, -0.2) is 0 Å². The molecule has 2 aromatic carbocycles. The van der Waals surface area contributed by atoms with E-state index in [-0.39, 0.29) is 19.1 Å². The molecule has 1 heterocycles. The van der Waals surface area contributed by atoms with Crippen LogP contribution in [0, 0.1) is 6.92 Å². The highest BCUT2D eigenvalue weighted by molar-refractivity contribution is 5.78. The molecule has 0 spiro atoms. The Labute approximate surface area is 163 Å². The van der Waals surface area contributed by atoms with Crippen molar-refractivity contribution in [3.05, 3.63) is 72.6 Å². The van der Waals surface area contributed by atoms with Gasteiger partial charge in [0, 0.05) is 6.54 Å². The van der Waals surface area contributed by atoms with Crippen LogP contribution < -0.4 is 14.8 Å². The zero-order chi connectivity index (χ0) is 19.8. The Balaban J connectivity index is 1.66. The SMILES string of the molecule is C=CCNC(=O)COc1ccccc1-c1noc(COc2ccccc2C)n1. The van der Waals surface area contributed by atoms with Crippen LogP contribution in [-0.4, -0.2) is 29.2 Å². The second kappa shape index (κ2) is 9.36. The topological polar surface area (TPSA) is 86.5 Å². The highest BCUT2D eigenvalue weighted by atomic mass is 16.5. The van der Waals surface area contributed by atoms with Crippen LogP contribution in [0.1, 0.15) is 11.5 Å². The highest BCUT2D eigenvalue weighted by Gasteiger charge is 2.15. The van der Waals surface area contributed by atoms with Crippen LogP contribution in [0.4, 0.5) is 0 Å². The number of ether oxygens (including phenoxy) is 2. The molecule has 3 aromatic rings. The van der Waals surface area contributed by atoms with Crippen LogP contribution in [0.25, 0.3) is 11.4 Å². The zero-order valence-corrected chi connectivity index (χ0v) is 15.6. The number of carbonyl (C=O) groups excluding carboxylic acids is 1. The van der Waals surface area contributed by atoms with Crippen LogP contribution in [0.15, 0.2) is 65.7 Å². The van der Waals surface area contributed by atoms with Gasteiger partial charge in [0.15, 0.2) is 13.2 Å². The zero-order valence-electron chi connectivity index (χ0n) is 15.6. The molecule has 0 saturated heterocycles. The first-order valence-electron chi connectivity index (χ1n) is 8.78. The number of rotatable bonds is 9. The molecule has 7 heteroatoms. The van der Waals surface area contributed by atoms with Crippen LogP contribution >= 0.6 is 0 Å². The van der Waals surface area contributed by atoms with Crippen LogP contribution in [0.5, 0.6) is 11.5 Å². The highest BCUT2D eigenvalue weighted by Crippen LogP contribution is 2.28. The van der Waals surface area contributed by atoms with Crippen molar-refractivity contribution < 1.29 is 18.8 Å². The van der Waals surface area contributed by atoms with Crippen molar-refractivity contribution in [1.29, 1.82) is 0 Å². The summed E-state index contributed by atoms with van der Waals surface area (Å²) in [4.78, 5) is 16.1. The van der Waals surface area contributed by atoms with Gasteiger partial charge in [0.2, 0.25) is 5.82 Å². The standard InChI is InChI=1S/C21H21N3O4/c1-3-12-22-19(25)13-26-18-11-7-5-9-16(18)21-23-20(28-24-21)14-27-17-10-6-4-8-15(17)2/h3-11H,1,12-14H2,2H3,(H,22,25). The monoisotopic (exact) mass is 379 g/mol. The van der Waals surface area contributed by atoms with Crippen LogP contribution in [-0.2, 0) is 11.4 Å². The quantitative estimate of drug-likeness (QED) is 0.574. The summed E-state index contributed by atoms with van der Waals surface area (Å²) in [6, 6.07) is 14.9. The minimum Gasteiger partial charge on any atom is -0.483 e. The van der Waals surface area contributed by atoms with Crippen molar-refractivity contribution in [1.82, 2.24) is 15.5 Å². The van der Waals surface area contributed by atoms with E-state index in [0.29, 0.717) is 29.6 Å². The fourth-order valence-corrected chi connectivity index (χ4v) is 2.44. The molecule has 1 aromatic heterocycles. The minimum atomic E-state index is -0.241. The first-order valence-corrected chi connectivity index (χ1v) is 8.78. The van der Waals surface area contributed by atoms with E-state index in [0.717, 1.165) is 11.3 Å². The van der Waals surface area contributed by atoms with Crippen molar-refractivity contribution in [2.24, 2.45) is 0 Å². The third-order valence-electron chi connectivity index (χ3n) is 3.84. The lowest BCUT2D eigenvalue weighted by Crippen LogP contribution is -2.28. The number of aromatic nitrogens is 2. The summed E-state index contributed by atoms with van der Waals surface area (Å²) < 4.78 is 16.6. The first-order chi connectivity index (χ1) is 13.7. The molecule has 0 radical (unpaired) electrons. The molecule has 0 aliphatic carbocycles. The largest absolute Gasteiger partial charge is 0.483 e. The summed E-state index contributed by atoms with van der Waals surface area (Å²) in [5, 5.41) is 6.65. The number of nitrogens with zero attached hydrogens (tertiary/aromatic N) is 2. The maximum Gasteiger partial charge on any atom is 0.264 e. The molecular weight excluding hydrogens is 358 g/mol. The number of nitrogens with one attached hydrogen (secondary N) is 1. The van der Waals surface area contributed by atoms with Crippen molar-refractivity contribution >= 4 is 5.91 Å². The molecule has 0 saturated carbocycles. The molecule has 0 atom stereocenters. The van der Waals surface area contributed by atoms with E-state index >= 15 is 0 Å². The van der Waals surface area contributed by atoms with Gasteiger partial charge in [-0.15, -0.1) is 6.58 Å². The van der Waals surface area contributed by atoms with Gasteiger partial charge in [-0.2, -0.15) is 4.98 Å². The predicted octanol–water partition coefficient (Wildman–Crippen LogP) is 3.31. The van der Waals surface area contributed by atoms with Gasteiger partial charge in [0.1, 0.15) is 11.5 Å². The van der Waals surface area contributed by atoms with Crippen molar-refractivity contribution in [3.63, 3.8) is 0 Å². The molecule has 0 bridgehead atoms. The van der Waals surface area contributed by atoms with E-state index in [1.54, 1.807) is 18.2 Å². The molecule has 0 aliphatic heterocycles. The summed E-state index contributed by atoms with van der Waals surface area (Å²) in [6.45, 7) is 5.95. The van der Waals surface area contributed by atoms with Crippen molar-refractivity contribution in [2.45, 2.75) is 13.5 Å². The van der Waals surface area contributed by atoms with Gasteiger partial charge in [0.25, 0.3) is 11.8 Å². The lowest BCUT2D eigenvalue weighted by molar-refractivity contribution is -0.122. The number of hydrogen-bond donors (Lipinski definition) is 1. The van der Waals surface area contributed by atoms with Gasteiger partial charge >= 0.3 is 0 Å². The van der Waals surface area contributed by atoms with Crippen LogP contribution in [0.2, 0.25) is 0 Å². The molecule has 144 valence electrons. The van der Waals surface area contributed by atoms with Gasteiger partial charge in [-0.3, -0.25) is 4.79 Å². The minimum absolute atomic E-state index is 0.119. The smallest absolute Gasteiger partial charge is 0.264 e. The molecule has 28 heavy (non-hydrogen) atoms. The Bertz CT molecular complexity index is 952. The third-order valence-corrected chi connectivity index (χ3v) is 3.84. The Kier molecular flexibility index (Phi) is 6.41. The number of benzene rings is 2. The van der Waals surface area contributed by atoms with Crippen LogP contribution in [0.3, 0.4) is 0 Å². The lowest BCUT2D eigenvalue weighted by atomic mass is 10.2. The molecule has 7 nitrogen and oxygen atoms in total. The maximum atomic E-state index is 11.7. The van der Waals surface area contributed by atoms with Gasteiger partial charge in [-0.1, -0.05) is 41.6 Å². The van der Waals surface area contributed by atoms with Gasteiger partial charge in [-0.05, 0) is 30.7 Å². The molecular formula is C21H21N3O4. The van der Waals surface area contributed by atoms with E-state index in [4.69, 9.17) is 14.0 Å². The molecule has 0 aliphatic rings. The van der Waals surface area contributed by atoms with E-state index in [1.807, 2.05) is 43.3 Å². The number of hydrogen-bond acceptors (Lipinski definition) is 6. The Hall–Kier alpha value is -3.61. The average Bonchev–Trinajstić information content (AvgIpc) is 3.19. The Morgan fingerprint density at radius 3 is 2.68 bits per heavy atom. The maximum absolute atomic E-state index is 11.7. The predicted molar refractivity (Wildman–Crippen MR) is 104 cm³/mol. The molecule has 0 fully saturated rings. The summed E-state index contributed by atoms with van der Waals surface area (Å²) in [6.07, 6.45) is 1.60. The summed E-state index contributed by atoms with van der Waals surface area (Å²) in [7, 11) is 0. The summed E-state index contributed by atoms with van der Waals surface area (Å²) in [5.74, 6) is 1.72. The number of para-hydroxylation sites is 2. The Morgan fingerprint density at radius 1 is 1.14 bits per heavy atom. The summed E-state index contributed by atoms with van der Waals surface area (Å²) >= 11 is 0. The number of aryl methyl sites for hydroxylation is 1. The summed E-state index contributed by atoms with van der Waals surface area (Å²) in [5.41, 5.74) is 1.65. The molecule has 3 rings (SSSR count). The Morgan fingerprint density at radius 2 is 1.89 bits per heavy atom. The fraction of sp³-hybridized carbons (Fsp3) is 0.190. The average molecular weight is 379 g/mol. The van der Waals surface area contributed by atoms with Gasteiger partial charge < -0.3 is 19.3 Å². The fourth-order valence-electron chi connectivity index (χ4n) is 2.44. The third kappa shape index (κ3) is 4.97. The van der Waals surface area contributed by atoms with E-state index in [9.17, 15) is 4.79 Å². The van der Waals surface area contributed by atoms with Gasteiger partial charge in [0.05, 0.1) is 5.56 Å². The number of carbonyl (C=O) groups is 1. The molecule has 0 unspecified atom stereocenters. The molecule has 1 N–H and O–H groups in total. The lowest BCUT2D eigenvalue weighted by Gasteiger charge is -2.09. The van der Waals surface area contributed by atoms with E-state index < -0.39 is 0 Å². The molecule has 1 amide bonds. The second-order valence-corrected chi connectivity index (χ2v) is 5.94. The van der Waals surface area contributed by atoms with E-state index in [2.05, 4.69) is 22.0 Å². The van der Waals surface area contributed by atoms with Crippen molar-refractivity contribution in [3.8, 4) is 22.9 Å². The van der Waals surface area contributed by atoms with Crippen molar-refractivity contribution in [2.75, 3.05) is 13.2 Å².